The number of benzene rings is 2. The first kappa shape index (κ1) is 17.9. The van der Waals surface area contributed by atoms with Crippen LogP contribution in [0.15, 0.2) is 65.7 Å². The number of primary sulfonamides is 1. The Labute approximate surface area is 153 Å². The molecule has 0 fully saturated rings. The molecular formula is C20H19N3O2S. The fraction of sp³-hybridized carbons (Fsp3) is 0.150. The van der Waals surface area contributed by atoms with E-state index in [0.717, 1.165) is 24.1 Å². The second-order valence-corrected chi connectivity index (χ2v) is 7.50. The average molecular weight is 365 g/mol. The first-order valence-corrected chi connectivity index (χ1v) is 9.68. The van der Waals surface area contributed by atoms with Gasteiger partial charge in [0.15, 0.2) is 0 Å². The van der Waals surface area contributed by atoms with Crippen LogP contribution in [0.3, 0.4) is 0 Å². The zero-order chi connectivity index (χ0) is 18.6. The van der Waals surface area contributed by atoms with Crippen LogP contribution in [0.2, 0.25) is 0 Å². The van der Waals surface area contributed by atoms with Crippen LogP contribution in [0, 0.1) is 11.8 Å². The molecule has 2 N–H and O–H groups in total. The van der Waals surface area contributed by atoms with Gasteiger partial charge < -0.3 is 0 Å². The van der Waals surface area contributed by atoms with Gasteiger partial charge in [-0.1, -0.05) is 48.2 Å². The standard InChI is InChI=1S/C20H19N3O2S/c1-23-20(13-11-16-6-3-2-4-7-16)18(15-22-23)12-10-17-8-5-9-19(14-17)26(21,24)25/h2-9,14-15H,11,13H2,1H3,(H2,21,24,25). The summed E-state index contributed by atoms with van der Waals surface area (Å²) < 4.78 is 24.7. The Morgan fingerprint density at radius 1 is 1.04 bits per heavy atom. The number of aromatic nitrogens is 2. The lowest BCUT2D eigenvalue weighted by Crippen LogP contribution is -2.11. The molecule has 0 atom stereocenters. The Morgan fingerprint density at radius 3 is 2.54 bits per heavy atom. The molecule has 0 bridgehead atoms. The van der Waals surface area contributed by atoms with Crippen LogP contribution in [-0.4, -0.2) is 18.2 Å². The summed E-state index contributed by atoms with van der Waals surface area (Å²) in [5.41, 5.74) is 3.73. The summed E-state index contributed by atoms with van der Waals surface area (Å²) in [6, 6.07) is 16.6. The second-order valence-electron chi connectivity index (χ2n) is 5.94. The molecule has 1 heterocycles. The van der Waals surface area contributed by atoms with Crippen molar-refractivity contribution in [2.45, 2.75) is 17.7 Å². The molecule has 0 aliphatic rings. The molecule has 132 valence electrons. The molecule has 6 heteroatoms. The molecule has 0 saturated carbocycles. The van der Waals surface area contributed by atoms with Gasteiger partial charge >= 0.3 is 0 Å². The molecule has 0 radical (unpaired) electrons. The molecule has 26 heavy (non-hydrogen) atoms. The zero-order valence-electron chi connectivity index (χ0n) is 14.4. The van der Waals surface area contributed by atoms with E-state index >= 15 is 0 Å². The summed E-state index contributed by atoms with van der Waals surface area (Å²) in [6.45, 7) is 0. The fourth-order valence-corrected chi connectivity index (χ4v) is 3.22. The van der Waals surface area contributed by atoms with E-state index in [1.807, 2.05) is 29.9 Å². The maximum absolute atomic E-state index is 11.5. The van der Waals surface area contributed by atoms with Crippen molar-refractivity contribution in [1.29, 1.82) is 0 Å². The first-order chi connectivity index (χ1) is 12.4. The molecular weight excluding hydrogens is 346 g/mol. The van der Waals surface area contributed by atoms with Crippen LogP contribution in [0.4, 0.5) is 0 Å². The Hall–Kier alpha value is -2.88. The number of nitrogens with two attached hydrogens (primary N) is 1. The highest BCUT2D eigenvalue weighted by Gasteiger charge is 2.08. The third kappa shape index (κ3) is 4.39. The van der Waals surface area contributed by atoms with Gasteiger partial charge in [0.25, 0.3) is 0 Å². The molecule has 0 saturated heterocycles. The predicted octanol–water partition coefficient (Wildman–Crippen LogP) is 2.25. The Kier molecular flexibility index (Phi) is 5.21. The Bertz CT molecular complexity index is 1070. The van der Waals surface area contributed by atoms with Crippen LogP contribution in [0.25, 0.3) is 0 Å². The third-order valence-electron chi connectivity index (χ3n) is 4.06. The van der Waals surface area contributed by atoms with Crippen molar-refractivity contribution in [3.05, 3.63) is 83.2 Å². The van der Waals surface area contributed by atoms with E-state index in [-0.39, 0.29) is 4.90 Å². The van der Waals surface area contributed by atoms with Gasteiger partial charge in [-0.05, 0) is 36.6 Å². The van der Waals surface area contributed by atoms with Gasteiger partial charge in [0, 0.05) is 12.6 Å². The van der Waals surface area contributed by atoms with E-state index in [2.05, 4.69) is 29.1 Å². The number of aryl methyl sites for hydroxylation is 2. The molecule has 0 amide bonds. The minimum atomic E-state index is -3.74. The molecule has 3 rings (SSSR count). The van der Waals surface area contributed by atoms with E-state index in [1.54, 1.807) is 18.3 Å². The lowest BCUT2D eigenvalue weighted by atomic mass is 10.1. The Morgan fingerprint density at radius 2 is 1.81 bits per heavy atom. The Balaban J connectivity index is 1.83. The van der Waals surface area contributed by atoms with Gasteiger partial charge in [-0.15, -0.1) is 0 Å². The van der Waals surface area contributed by atoms with Gasteiger partial charge in [-0.25, -0.2) is 13.6 Å². The lowest BCUT2D eigenvalue weighted by molar-refractivity contribution is 0.598. The van der Waals surface area contributed by atoms with E-state index in [0.29, 0.717) is 5.56 Å². The molecule has 0 aliphatic heterocycles. The highest BCUT2D eigenvalue weighted by atomic mass is 32.2. The largest absolute Gasteiger partial charge is 0.271 e. The third-order valence-corrected chi connectivity index (χ3v) is 4.97. The minimum Gasteiger partial charge on any atom is -0.271 e. The van der Waals surface area contributed by atoms with Crippen molar-refractivity contribution in [2.75, 3.05) is 0 Å². The van der Waals surface area contributed by atoms with Gasteiger partial charge in [0.05, 0.1) is 22.3 Å². The average Bonchev–Trinajstić information content (AvgIpc) is 2.98. The van der Waals surface area contributed by atoms with Crippen molar-refractivity contribution in [3.63, 3.8) is 0 Å². The van der Waals surface area contributed by atoms with Gasteiger partial charge in [0.2, 0.25) is 10.0 Å². The molecule has 5 nitrogen and oxygen atoms in total. The number of hydrogen-bond acceptors (Lipinski definition) is 3. The van der Waals surface area contributed by atoms with E-state index in [1.165, 1.54) is 17.7 Å². The van der Waals surface area contributed by atoms with Gasteiger partial charge in [-0.3, -0.25) is 4.68 Å². The monoisotopic (exact) mass is 365 g/mol. The van der Waals surface area contributed by atoms with Gasteiger partial charge in [-0.2, -0.15) is 5.10 Å². The molecule has 0 spiro atoms. The topological polar surface area (TPSA) is 78.0 Å². The minimum absolute atomic E-state index is 0.0554. The van der Waals surface area contributed by atoms with Crippen molar-refractivity contribution >= 4 is 10.0 Å². The van der Waals surface area contributed by atoms with Crippen LogP contribution in [0.5, 0.6) is 0 Å². The number of nitrogens with zero attached hydrogens (tertiary/aromatic N) is 2. The summed E-state index contributed by atoms with van der Waals surface area (Å²) >= 11 is 0. The van der Waals surface area contributed by atoms with Crippen LogP contribution < -0.4 is 5.14 Å². The fourth-order valence-electron chi connectivity index (χ4n) is 2.66. The highest BCUT2D eigenvalue weighted by Crippen LogP contribution is 2.12. The van der Waals surface area contributed by atoms with E-state index in [9.17, 15) is 8.42 Å². The summed E-state index contributed by atoms with van der Waals surface area (Å²) in [6.07, 6.45) is 3.45. The molecule has 3 aromatic rings. The van der Waals surface area contributed by atoms with E-state index < -0.39 is 10.0 Å². The normalized spacial score (nSPS) is 11.0. The zero-order valence-corrected chi connectivity index (χ0v) is 15.2. The van der Waals surface area contributed by atoms with Crippen molar-refractivity contribution in [1.82, 2.24) is 9.78 Å². The van der Waals surface area contributed by atoms with E-state index in [4.69, 9.17) is 5.14 Å². The lowest BCUT2D eigenvalue weighted by Gasteiger charge is -2.03. The maximum Gasteiger partial charge on any atom is 0.238 e. The molecule has 1 aromatic heterocycles. The van der Waals surface area contributed by atoms with Gasteiger partial charge in [0.1, 0.15) is 0 Å². The predicted molar refractivity (Wildman–Crippen MR) is 101 cm³/mol. The summed E-state index contributed by atoms with van der Waals surface area (Å²) in [7, 11) is -1.84. The second kappa shape index (κ2) is 7.56. The summed E-state index contributed by atoms with van der Waals surface area (Å²) in [5.74, 6) is 6.10. The highest BCUT2D eigenvalue weighted by molar-refractivity contribution is 7.89. The maximum atomic E-state index is 11.5. The quantitative estimate of drug-likeness (QED) is 0.721. The SMILES string of the molecule is Cn1ncc(C#Cc2cccc(S(N)(=O)=O)c2)c1CCc1ccccc1. The molecule has 2 aromatic carbocycles. The van der Waals surface area contributed by atoms with Crippen LogP contribution in [0.1, 0.15) is 22.4 Å². The summed E-state index contributed by atoms with van der Waals surface area (Å²) in [4.78, 5) is 0.0554. The van der Waals surface area contributed by atoms with Crippen LogP contribution >= 0.6 is 0 Å². The number of rotatable bonds is 4. The van der Waals surface area contributed by atoms with Crippen molar-refractivity contribution in [3.8, 4) is 11.8 Å². The van der Waals surface area contributed by atoms with Crippen LogP contribution in [-0.2, 0) is 29.9 Å². The number of sulfonamides is 1. The summed E-state index contributed by atoms with van der Waals surface area (Å²) in [5, 5.41) is 9.46. The smallest absolute Gasteiger partial charge is 0.238 e. The molecule has 0 aliphatic carbocycles. The van der Waals surface area contributed by atoms with Crippen molar-refractivity contribution in [2.24, 2.45) is 12.2 Å². The van der Waals surface area contributed by atoms with Crippen molar-refractivity contribution < 1.29 is 8.42 Å². The number of hydrogen-bond donors (Lipinski definition) is 1. The first-order valence-electron chi connectivity index (χ1n) is 8.13. The molecule has 0 unspecified atom stereocenters.